The van der Waals surface area contributed by atoms with Gasteiger partial charge in [-0.15, -0.1) is 0 Å². The summed E-state index contributed by atoms with van der Waals surface area (Å²) in [4.78, 5) is 23.8. The second kappa shape index (κ2) is 4.36. The molecule has 3 N–H and O–H groups in total. The van der Waals surface area contributed by atoms with Crippen LogP contribution in [-0.2, 0) is 9.53 Å². The molecule has 3 amide bonds. The van der Waals surface area contributed by atoms with E-state index in [1.807, 2.05) is 0 Å². The summed E-state index contributed by atoms with van der Waals surface area (Å²) in [6.45, 7) is -0.00768. The zero-order valence-corrected chi connectivity index (χ0v) is 8.63. The summed E-state index contributed by atoms with van der Waals surface area (Å²) in [5.41, 5.74) is 0. The summed E-state index contributed by atoms with van der Waals surface area (Å²) in [6, 6.07) is -0.507. The molecule has 0 aromatic heterocycles. The van der Waals surface area contributed by atoms with Crippen molar-refractivity contribution in [3.05, 3.63) is 0 Å². The third-order valence-electron chi connectivity index (χ3n) is 2.82. The number of hydrogen-bond donors (Lipinski definition) is 3. The number of hydrogen-bond acceptors (Lipinski definition) is 5. The summed E-state index contributed by atoms with van der Waals surface area (Å²) < 4.78 is 5.32. The fourth-order valence-electron chi connectivity index (χ4n) is 1.92. The van der Waals surface area contributed by atoms with Gasteiger partial charge in [0, 0.05) is 19.4 Å². The van der Waals surface area contributed by atoms with E-state index in [0.29, 0.717) is 0 Å². The second-order valence-corrected chi connectivity index (χ2v) is 3.91. The van der Waals surface area contributed by atoms with Crippen LogP contribution < -0.4 is 5.32 Å². The number of rotatable bonds is 2. The van der Waals surface area contributed by atoms with E-state index in [1.54, 1.807) is 0 Å². The molecule has 7 heteroatoms. The van der Waals surface area contributed by atoms with Crippen LogP contribution in [0, 0.1) is 0 Å². The van der Waals surface area contributed by atoms with Crippen LogP contribution >= 0.6 is 0 Å². The molecular weight excluding hydrogens is 216 g/mol. The van der Waals surface area contributed by atoms with Gasteiger partial charge in [-0.25, -0.2) is 4.79 Å². The molecule has 3 atom stereocenters. The minimum absolute atomic E-state index is 0.228. The van der Waals surface area contributed by atoms with Gasteiger partial charge in [0.15, 0.2) is 0 Å². The lowest BCUT2D eigenvalue weighted by molar-refractivity contribution is -0.123. The van der Waals surface area contributed by atoms with Gasteiger partial charge in [0.05, 0.1) is 12.7 Å². The number of imide groups is 1. The molecule has 2 heterocycles. The van der Waals surface area contributed by atoms with E-state index in [0.717, 1.165) is 0 Å². The normalized spacial score (nSPS) is 35.4. The lowest BCUT2D eigenvalue weighted by atomic mass is 10.2. The molecular formula is C9H14N2O5. The molecule has 2 aliphatic rings. The smallest absolute Gasteiger partial charge is 0.326 e. The average molecular weight is 230 g/mol. The van der Waals surface area contributed by atoms with E-state index < -0.39 is 24.5 Å². The van der Waals surface area contributed by atoms with Gasteiger partial charge in [0.25, 0.3) is 0 Å². The van der Waals surface area contributed by atoms with E-state index in [1.165, 1.54) is 4.90 Å². The van der Waals surface area contributed by atoms with Crippen LogP contribution in [0.4, 0.5) is 4.79 Å². The number of nitrogens with one attached hydrogen (secondary N) is 1. The van der Waals surface area contributed by atoms with Crippen LogP contribution in [0.15, 0.2) is 0 Å². The standard InChI is InChI=1S/C9H14N2O5/c12-4-6-5(13)3-8(16-6)11-2-1-7(14)10-9(11)15/h5-6,8,12-13H,1-4H2,(H,10,14,15)/t5-,6-,8-/m1/s1. The zero-order chi connectivity index (χ0) is 11.7. The molecule has 2 aliphatic heterocycles. The Kier molecular flexibility index (Phi) is 3.08. The SMILES string of the molecule is O=C1CCN([C@H]2C[C@@H](O)[C@@H](CO)O2)C(=O)N1. The van der Waals surface area contributed by atoms with Crippen LogP contribution in [0.1, 0.15) is 12.8 Å². The van der Waals surface area contributed by atoms with Gasteiger partial charge < -0.3 is 14.9 Å². The quantitative estimate of drug-likeness (QED) is 0.530. The molecule has 0 aromatic rings. The lowest BCUT2D eigenvalue weighted by Gasteiger charge is -2.31. The van der Waals surface area contributed by atoms with Gasteiger partial charge in [0.2, 0.25) is 5.91 Å². The third-order valence-corrected chi connectivity index (χ3v) is 2.82. The van der Waals surface area contributed by atoms with E-state index >= 15 is 0 Å². The maximum atomic E-state index is 11.5. The van der Waals surface area contributed by atoms with Gasteiger partial charge in [-0.1, -0.05) is 0 Å². The molecule has 2 saturated heterocycles. The number of aliphatic hydroxyl groups is 2. The number of aliphatic hydroxyl groups excluding tert-OH is 2. The van der Waals surface area contributed by atoms with Crippen molar-refractivity contribution in [3.8, 4) is 0 Å². The minimum atomic E-state index is -0.777. The van der Waals surface area contributed by atoms with Crippen LogP contribution in [0.5, 0.6) is 0 Å². The minimum Gasteiger partial charge on any atom is -0.394 e. The van der Waals surface area contributed by atoms with Crippen LogP contribution in [0.25, 0.3) is 0 Å². The van der Waals surface area contributed by atoms with Gasteiger partial charge in [-0.3, -0.25) is 15.0 Å². The summed E-state index contributed by atoms with van der Waals surface area (Å²) in [7, 11) is 0. The largest absolute Gasteiger partial charge is 0.394 e. The van der Waals surface area contributed by atoms with Crippen molar-refractivity contribution < 1.29 is 24.5 Å². The molecule has 90 valence electrons. The van der Waals surface area contributed by atoms with Crippen molar-refractivity contribution in [2.75, 3.05) is 13.2 Å². The number of amides is 3. The lowest BCUT2D eigenvalue weighted by Crippen LogP contribution is -2.53. The Morgan fingerprint density at radius 1 is 1.50 bits per heavy atom. The van der Waals surface area contributed by atoms with Crippen LogP contribution in [-0.4, -0.2) is 58.6 Å². The zero-order valence-electron chi connectivity index (χ0n) is 8.63. The Bertz CT molecular complexity index is 308. The monoisotopic (exact) mass is 230 g/mol. The second-order valence-electron chi connectivity index (χ2n) is 3.91. The van der Waals surface area contributed by atoms with Gasteiger partial charge >= 0.3 is 6.03 Å². The van der Waals surface area contributed by atoms with Crippen LogP contribution in [0.2, 0.25) is 0 Å². The predicted molar refractivity (Wildman–Crippen MR) is 51.2 cm³/mol. The molecule has 0 aromatic carbocycles. The molecule has 2 rings (SSSR count). The Balaban J connectivity index is 1.98. The first-order valence-corrected chi connectivity index (χ1v) is 5.16. The Hall–Kier alpha value is -1.18. The van der Waals surface area contributed by atoms with E-state index in [4.69, 9.17) is 9.84 Å². The highest BCUT2D eigenvalue weighted by atomic mass is 16.5. The van der Waals surface area contributed by atoms with E-state index in [2.05, 4.69) is 5.32 Å². The van der Waals surface area contributed by atoms with E-state index in [-0.39, 0.29) is 31.9 Å². The number of carbonyl (C=O) groups is 2. The summed E-state index contributed by atoms with van der Waals surface area (Å²) in [5.74, 6) is -0.307. The van der Waals surface area contributed by atoms with Crippen molar-refractivity contribution in [1.29, 1.82) is 0 Å². The fourth-order valence-corrected chi connectivity index (χ4v) is 1.92. The highest BCUT2D eigenvalue weighted by Crippen LogP contribution is 2.24. The van der Waals surface area contributed by atoms with Crippen molar-refractivity contribution in [3.63, 3.8) is 0 Å². The fraction of sp³-hybridized carbons (Fsp3) is 0.778. The number of carbonyl (C=O) groups excluding carboxylic acids is 2. The van der Waals surface area contributed by atoms with Gasteiger partial charge in [-0.05, 0) is 0 Å². The average Bonchev–Trinajstić information content (AvgIpc) is 2.59. The van der Waals surface area contributed by atoms with Gasteiger partial charge in [-0.2, -0.15) is 0 Å². The van der Waals surface area contributed by atoms with Crippen LogP contribution in [0.3, 0.4) is 0 Å². The topological polar surface area (TPSA) is 99.1 Å². The first-order chi connectivity index (χ1) is 7.61. The number of urea groups is 1. The molecule has 0 saturated carbocycles. The Morgan fingerprint density at radius 2 is 2.25 bits per heavy atom. The maximum absolute atomic E-state index is 11.5. The van der Waals surface area contributed by atoms with Crippen molar-refractivity contribution in [2.24, 2.45) is 0 Å². The molecule has 0 spiro atoms. The predicted octanol–water partition coefficient (Wildman–Crippen LogP) is -1.60. The van der Waals surface area contributed by atoms with Gasteiger partial charge in [0.1, 0.15) is 12.3 Å². The molecule has 2 fully saturated rings. The number of nitrogens with zero attached hydrogens (tertiary/aromatic N) is 1. The van der Waals surface area contributed by atoms with E-state index in [9.17, 15) is 14.7 Å². The molecule has 0 aliphatic carbocycles. The van der Waals surface area contributed by atoms with Crippen molar-refractivity contribution in [2.45, 2.75) is 31.3 Å². The molecule has 0 radical (unpaired) electrons. The molecule has 0 unspecified atom stereocenters. The third kappa shape index (κ3) is 2.01. The molecule has 16 heavy (non-hydrogen) atoms. The maximum Gasteiger partial charge on any atom is 0.326 e. The molecule has 7 nitrogen and oxygen atoms in total. The highest BCUT2D eigenvalue weighted by molar-refractivity contribution is 5.96. The highest BCUT2D eigenvalue weighted by Gasteiger charge is 2.40. The Labute approximate surface area is 92.0 Å². The summed E-state index contributed by atoms with van der Waals surface area (Å²) in [5, 5.41) is 20.6. The molecule has 0 bridgehead atoms. The number of ether oxygens (including phenoxy) is 1. The van der Waals surface area contributed by atoms with Crippen molar-refractivity contribution >= 4 is 11.9 Å². The van der Waals surface area contributed by atoms with Crippen molar-refractivity contribution in [1.82, 2.24) is 10.2 Å². The first-order valence-electron chi connectivity index (χ1n) is 5.16. The first kappa shape index (κ1) is 11.3. The Morgan fingerprint density at radius 3 is 2.81 bits per heavy atom. The summed E-state index contributed by atoms with van der Waals surface area (Å²) >= 11 is 0. The summed E-state index contributed by atoms with van der Waals surface area (Å²) in [6.07, 6.45) is -1.52.